The van der Waals surface area contributed by atoms with Gasteiger partial charge in [-0.25, -0.2) is 4.79 Å². The van der Waals surface area contributed by atoms with E-state index in [-0.39, 0.29) is 6.54 Å². The van der Waals surface area contributed by atoms with Crippen molar-refractivity contribution in [2.75, 3.05) is 11.9 Å². The molecule has 1 heterocycles. The summed E-state index contributed by atoms with van der Waals surface area (Å²) in [4.78, 5) is 26.6. The Hall–Kier alpha value is -2.11. The second-order valence-corrected chi connectivity index (χ2v) is 4.35. The molecule has 0 aliphatic carbocycles. The monoisotopic (exact) mass is 265 g/mol. The van der Waals surface area contributed by atoms with E-state index in [2.05, 4.69) is 15.6 Å². The summed E-state index contributed by atoms with van der Waals surface area (Å²) in [5.41, 5.74) is 1.44. The van der Waals surface area contributed by atoms with Crippen LogP contribution in [0.25, 0.3) is 0 Å². The van der Waals surface area contributed by atoms with Crippen molar-refractivity contribution in [1.82, 2.24) is 10.3 Å². The fourth-order valence-electron chi connectivity index (χ4n) is 1.59. The summed E-state index contributed by atoms with van der Waals surface area (Å²) < 4.78 is 0. The molecule has 0 radical (unpaired) electrons. The molecule has 6 nitrogen and oxygen atoms in total. The van der Waals surface area contributed by atoms with Gasteiger partial charge >= 0.3 is 12.0 Å². The quantitative estimate of drug-likeness (QED) is 0.733. The number of carbonyl (C=O) groups excluding carboxylic acids is 1. The number of hydrogen-bond donors (Lipinski definition) is 3. The Morgan fingerprint density at radius 2 is 2.16 bits per heavy atom. The standard InChI is InChI=1S/C13H19N3O3/c1-3-4-10(12(17)18)7-15-13(19)16-11-6-5-9(2)14-8-11/h5-6,8,10H,3-4,7H2,1-2H3,(H,17,18)(H2,15,16,19). The van der Waals surface area contributed by atoms with Crippen molar-refractivity contribution in [2.24, 2.45) is 5.92 Å². The van der Waals surface area contributed by atoms with Crippen LogP contribution < -0.4 is 10.6 Å². The lowest BCUT2D eigenvalue weighted by molar-refractivity contribution is -0.141. The maximum absolute atomic E-state index is 11.6. The zero-order chi connectivity index (χ0) is 14.3. The molecule has 0 saturated heterocycles. The third-order valence-electron chi connectivity index (χ3n) is 2.66. The Labute approximate surface area is 112 Å². The lowest BCUT2D eigenvalue weighted by Crippen LogP contribution is -2.35. The number of nitrogens with one attached hydrogen (secondary N) is 2. The minimum Gasteiger partial charge on any atom is -0.481 e. The molecule has 6 heteroatoms. The SMILES string of the molecule is CCCC(CNC(=O)Nc1ccc(C)nc1)C(=O)O. The molecular formula is C13H19N3O3. The summed E-state index contributed by atoms with van der Waals surface area (Å²) in [7, 11) is 0. The van der Waals surface area contributed by atoms with E-state index in [4.69, 9.17) is 5.11 Å². The highest BCUT2D eigenvalue weighted by atomic mass is 16.4. The molecule has 19 heavy (non-hydrogen) atoms. The van der Waals surface area contributed by atoms with Gasteiger partial charge in [-0.3, -0.25) is 9.78 Å². The first-order chi connectivity index (χ1) is 9.02. The Bertz CT molecular complexity index is 431. The average molecular weight is 265 g/mol. The van der Waals surface area contributed by atoms with Gasteiger partial charge in [-0.15, -0.1) is 0 Å². The van der Waals surface area contributed by atoms with Gasteiger partial charge in [0.1, 0.15) is 0 Å². The van der Waals surface area contributed by atoms with Crippen molar-refractivity contribution >= 4 is 17.7 Å². The Balaban J connectivity index is 2.42. The van der Waals surface area contributed by atoms with Crippen LogP contribution in [0.5, 0.6) is 0 Å². The van der Waals surface area contributed by atoms with E-state index in [1.54, 1.807) is 18.3 Å². The van der Waals surface area contributed by atoms with Crippen LogP contribution in [-0.2, 0) is 4.79 Å². The molecule has 1 atom stereocenters. The number of hydrogen-bond acceptors (Lipinski definition) is 3. The predicted octanol–water partition coefficient (Wildman–Crippen LogP) is 2.01. The summed E-state index contributed by atoms with van der Waals surface area (Å²) in [5, 5.41) is 14.1. The number of nitrogens with zero attached hydrogens (tertiary/aromatic N) is 1. The van der Waals surface area contributed by atoms with Crippen LogP contribution in [0, 0.1) is 12.8 Å². The summed E-state index contributed by atoms with van der Waals surface area (Å²) in [5.74, 6) is -1.44. The summed E-state index contributed by atoms with van der Waals surface area (Å²) in [6.07, 6.45) is 2.86. The minimum absolute atomic E-state index is 0.119. The van der Waals surface area contributed by atoms with Gasteiger partial charge in [0.15, 0.2) is 0 Å². The van der Waals surface area contributed by atoms with Crippen molar-refractivity contribution in [3.05, 3.63) is 24.0 Å². The number of anilines is 1. The van der Waals surface area contributed by atoms with E-state index in [1.807, 2.05) is 13.8 Å². The molecule has 0 aromatic carbocycles. The Morgan fingerprint density at radius 1 is 1.42 bits per heavy atom. The normalized spacial score (nSPS) is 11.7. The van der Waals surface area contributed by atoms with Gasteiger partial charge < -0.3 is 15.7 Å². The maximum Gasteiger partial charge on any atom is 0.319 e. The first-order valence-electron chi connectivity index (χ1n) is 6.23. The lowest BCUT2D eigenvalue weighted by atomic mass is 10.0. The number of aliphatic carboxylic acids is 1. The van der Waals surface area contributed by atoms with Gasteiger partial charge in [-0.05, 0) is 25.5 Å². The molecular weight excluding hydrogens is 246 g/mol. The van der Waals surface area contributed by atoms with E-state index < -0.39 is 17.9 Å². The van der Waals surface area contributed by atoms with E-state index in [0.29, 0.717) is 12.1 Å². The first-order valence-corrected chi connectivity index (χ1v) is 6.23. The van der Waals surface area contributed by atoms with Crippen LogP contribution in [-0.4, -0.2) is 28.6 Å². The third kappa shape index (κ3) is 5.37. The molecule has 0 bridgehead atoms. The topological polar surface area (TPSA) is 91.3 Å². The molecule has 3 N–H and O–H groups in total. The molecule has 0 spiro atoms. The summed E-state index contributed by atoms with van der Waals surface area (Å²) in [6, 6.07) is 3.10. The van der Waals surface area contributed by atoms with Crippen LogP contribution in [0.15, 0.2) is 18.3 Å². The molecule has 0 aliphatic heterocycles. The Morgan fingerprint density at radius 3 is 2.68 bits per heavy atom. The molecule has 0 fully saturated rings. The van der Waals surface area contributed by atoms with E-state index in [1.165, 1.54) is 0 Å². The van der Waals surface area contributed by atoms with Gasteiger partial charge in [0.25, 0.3) is 0 Å². The third-order valence-corrected chi connectivity index (χ3v) is 2.66. The number of aromatic nitrogens is 1. The maximum atomic E-state index is 11.6. The van der Waals surface area contributed by atoms with E-state index in [0.717, 1.165) is 12.1 Å². The van der Waals surface area contributed by atoms with Crippen LogP contribution in [0.3, 0.4) is 0 Å². The number of pyridine rings is 1. The summed E-state index contributed by atoms with van der Waals surface area (Å²) in [6.45, 7) is 3.88. The number of rotatable bonds is 6. The van der Waals surface area contributed by atoms with Gasteiger partial charge in [0.2, 0.25) is 0 Å². The molecule has 2 amide bonds. The number of urea groups is 1. The fourth-order valence-corrected chi connectivity index (χ4v) is 1.59. The number of carbonyl (C=O) groups is 2. The first kappa shape index (κ1) is 14.9. The van der Waals surface area contributed by atoms with Gasteiger partial charge in [-0.1, -0.05) is 13.3 Å². The second kappa shape index (κ2) is 7.35. The van der Waals surface area contributed by atoms with Crippen LogP contribution in [0.2, 0.25) is 0 Å². The molecule has 1 aromatic heterocycles. The molecule has 0 aliphatic rings. The van der Waals surface area contributed by atoms with Crippen LogP contribution in [0.1, 0.15) is 25.5 Å². The van der Waals surface area contributed by atoms with Gasteiger partial charge in [0.05, 0.1) is 17.8 Å². The predicted molar refractivity (Wildman–Crippen MR) is 72.0 cm³/mol. The van der Waals surface area contributed by atoms with Crippen molar-refractivity contribution in [3.8, 4) is 0 Å². The molecule has 104 valence electrons. The van der Waals surface area contributed by atoms with Crippen molar-refractivity contribution < 1.29 is 14.7 Å². The molecule has 1 unspecified atom stereocenters. The average Bonchev–Trinajstić information content (AvgIpc) is 2.37. The van der Waals surface area contributed by atoms with E-state index in [9.17, 15) is 9.59 Å². The highest BCUT2D eigenvalue weighted by Gasteiger charge is 2.17. The van der Waals surface area contributed by atoms with Crippen molar-refractivity contribution in [2.45, 2.75) is 26.7 Å². The largest absolute Gasteiger partial charge is 0.481 e. The smallest absolute Gasteiger partial charge is 0.319 e. The highest BCUT2D eigenvalue weighted by Crippen LogP contribution is 2.07. The number of carboxylic acids is 1. The molecule has 1 aromatic rings. The van der Waals surface area contributed by atoms with Crippen molar-refractivity contribution in [3.63, 3.8) is 0 Å². The molecule has 1 rings (SSSR count). The van der Waals surface area contributed by atoms with E-state index >= 15 is 0 Å². The summed E-state index contributed by atoms with van der Waals surface area (Å²) >= 11 is 0. The number of amides is 2. The second-order valence-electron chi connectivity index (χ2n) is 4.35. The van der Waals surface area contributed by atoms with Gasteiger partial charge in [-0.2, -0.15) is 0 Å². The lowest BCUT2D eigenvalue weighted by Gasteiger charge is -2.13. The fraction of sp³-hybridized carbons (Fsp3) is 0.462. The minimum atomic E-state index is -0.890. The highest BCUT2D eigenvalue weighted by molar-refractivity contribution is 5.89. The zero-order valence-corrected chi connectivity index (χ0v) is 11.1. The Kier molecular flexibility index (Phi) is 5.78. The van der Waals surface area contributed by atoms with Crippen molar-refractivity contribution in [1.29, 1.82) is 0 Å². The van der Waals surface area contributed by atoms with Gasteiger partial charge in [0, 0.05) is 12.2 Å². The molecule has 0 saturated carbocycles. The van der Waals surface area contributed by atoms with Crippen LogP contribution >= 0.6 is 0 Å². The number of carboxylic acid groups (broad SMARTS) is 1. The van der Waals surface area contributed by atoms with Crippen LogP contribution in [0.4, 0.5) is 10.5 Å². The zero-order valence-electron chi connectivity index (χ0n) is 11.1. The number of aryl methyl sites for hydroxylation is 1.